The van der Waals surface area contributed by atoms with Crippen molar-refractivity contribution >= 4 is 55.2 Å². The Morgan fingerprint density at radius 1 is 0.750 bits per heavy atom. The van der Waals surface area contributed by atoms with Crippen molar-refractivity contribution < 1.29 is 19.8 Å². The largest absolute Gasteiger partial charge is 0.478 e. The standard InChI is InChI=1S/C24H18Br2N2O4/c25-16-6-10-18(11-7-16)27-14-20(23(29)30)21(24(31)32)28(19-12-8-17(26)9-13-19)22(27)15-4-2-1-3-5-15/h1-13,22H,14H2,(H,29,30)(H,31,32). The third kappa shape index (κ3) is 4.28. The molecule has 3 aromatic carbocycles. The maximum absolute atomic E-state index is 12.4. The lowest BCUT2D eigenvalue weighted by Gasteiger charge is -2.46. The molecule has 0 aliphatic carbocycles. The number of benzene rings is 3. The van der Waals surface area contributed by atoms with Crippen LogP contribution in [0.1, 0.15) is 11.7 Å². The van der Waals surface area contributed by atoms with Crippen LogP contribution in [0.3, 0.4) is 0 Å². The number of halogens is 2. The van der Waals surface area contributed by atoms with E-state index in [0.717, 1.165) is 20.2 Å². The Morgan fingerprint density at radius 2 is 1.28 bits per heavy atom. The van der Waals surface area contributed by atoms with Gasteiger partial charge in [-0.05, 0) is 54.1 Å². The molecule has 32 heavy (non-hydrogen) atoms. The van der Waals surface area contributed by atoms with Crippen LogP contribution in [-0.2, 0) is 9.59 Å². The smallest absolute Gasteiger partial charge is 0.353 e. The molecule has 1 aliphatic rings. The lowest BCUT2D eigenvalue weighted by molar-refractivity contribution is -0.136. The van der Waals surface area contributed by atoms with Gasteiger partial charge in [-0.2, -0.15) is 0 Å². The van der Waals surface area contributed by atoms with Crippen LogP contribution in [-0.4, -0.2) is 28.7 Å². The number of carbonyl (C=O) groups is 2. The van der Waals surface area contributed by atoms with E-state index in [2.05, 4.69) is 31.9 Å². The molecule has 1 unspecified atom stereocenters. The zero-order valence-corrected chi connectivity index (χ0v) is 19.8. The molecule has 0 amide bonds. The van der Waals surface area contributed by atoms with Crippen molar-refractivity contribution in [3.63, 3.8) is 0 Å². The summed E-state index contributed by atoms with van der Waals surface area (Å²) in [4.78, 5) is 28.1. The third-order valence-electron chi connectivity index (χ3n) is 5.22. The molecule has 2 N–H and O–H groups in total. The first-order valence-corrected chi connectivity index (χ1v) is 11.3. The van der Waals surface area contributed by atoms with Crippen LogP contribution in [0.4, 0.5) is 11.4 Å². The minimum atomic E-state index is -1.29. The Bertz CT molecular complexity index is 1180. The number of hydrogen-bond donors (Lipinski definition) is 2. The monoisotopic (exact) mass is 556 g/mol. The highest BCUT2D eigenvalue weighted by atomic mass is 79.9. The van der Waals surface area contributed by atoms with E-state index in [0.29, 0.717) is 5.69 Å². The van der Waals surface area contributed by atoms with Gasteiger partial charge < -0.3 is 20.0 Å². The summed E-state index contributed by atoms with van der Waals surface area (Å²) in [6.07, 6.45) is -0.576. The number of hydrogen-bond acceptors (Lipinski definition) is 4. The number of carboxylic acids is 2. The van der Waals surface area contributed by atoms with Gasteiger partial charge in [-0.3, -0.25) is 0 Å². The molecule has 8 heteroatoms. The van der Waals surface area contributed by atoms with Crippen LogP contribution in [0.2, 0.25) is 0 Å². The summed E-state index contributed by atoms with van der Waals surface area (Å²) >= 11 is 6.84. The summed E-state index contributed by atoms with van der Waals surface area (Å²) in [5.41, 5.74) is 1.74. The van der Waals surface area contributed by atoms with E-state index in [1.165, 1.54) is 0 Å². The van der Waals surface area contributed by atoms with Crippen molar-refractivity contribution in [1.29, 1.82) is 0 Å². The molecule has 6 nitrogen and oxygen atoms in total. The average molecular weight is 558 g/mol. The number of carboxylic acid groups (broad SMARTS) is 2. The molecule has 0 saturated carbocycles. The van der Waals surface area contributed by atoms with Crippen molar-refractivity contribution in [2.75, 3.05) is 16.3 Å². The first-order valence-electron chi connectivity index (χ1n) is 9.68. The SMILES string of the molecule is O=C(O)C1=C(C(=O)O)N(c2ccc(Br)cc2)C(c2ccccc2)N(c2ccc(Br)cc2)C1. The number of aliphatic carboxylic acids is 2. The molecule has 0 spiro atoms. The van der Waals surface area contributed by atoms with Gasteiger partial charge in [0.2, 0.25) is 0 Å². The van der Waals surface area contributed by atoms with E-state index >= 15 is 0 Å². The first-order chi connectivity index (χ1) is 15.4. The minimum absolute atomic E-state index is 0.0643. The van der Waals surface area contributed by atoms with Gasteiger partial charge in [0.25, 0.3) is 0 Å². The number of anilines is 2. The Balaban J connectivity index is 2.01. The van der Waals surface area contributed by atoms with E-state index in [9.17, 15) is 19.8 Å². The second-order valence-electron chi connectivity index (χ2n) is 7.17. The fourth-order valence-corrected chi connectivity index (χ4v) is 4.36. The predicted molar refractivity (Wildman–Crippen MR) is 130 cm³/mol. The summed E-state index contributed by atoms with van der Waals surface area (Å²) in [7, 11) is 0. The van der Waals surface area contributed by atoms with Crippen LogP contribution >= 0.6 is 31.9 Å². The molecular weight excluding hydrogens is 540 g/mol. The van der Waals surface area contributed by atoms with E-state index in [-0.39, 0.29) is 17.8 Å². The van der Waals surface area contributed by atoms with Crippen molar-refractivity contribution in [3.8, 4) is 0 Å². The van der Waals surface area contributed by atoms with Gasteiger partial charge in [-0.15, -0.1) is 0 Å². The van der Waals surface area contributed by atoms with Gasteiger partial charge in [0, 0.05) is 20.3 Å². The van der Waals surface area contributed by atoms with Crippen molar-refractivity contribution in [1.82, 2.24) is 0 Å². The fraction of sp³-hybridized carbons (Fsp3) is 0.0833. The molecule has 0 bridgehead atoms. The van der Waals surface area contributed by atoms with Gasteiger partial charge in [0.15, 0.2) is 0 Å². The lowest BCUT2D eigenvalue weighted by Crippen LogP contribution is -2.50. The molecule has 162 valence electrons. The Morgan fingerprint density at radius 3 is 1.78 bits per heavy atom. The average Bonchev–Trinajstić information content (AvgIpc) is 2.79. The maximum Gasteiger partial charge on any atom is 0.353 e. The molecular formula is C24H18Br2N2O4. The van der Waals surface area contributed by atoms with Gasteiger partial charge >= 0.3 is 11.9 Å². The second kappa shape index (κ2) is 9.18. The molecule has 0 radical (unpaired) electrons. The van der Waals surface area contributed by atoms with Crippen molar-refractivity contribution in [3.05, 3.63) is 105 Å². The molecule has 1 aliphatic heterocycles. The number of rotatable bonds is 5. The quantitative estimate of drug-likeness (QED) is 0.421. The van der Waals surface area contributed by atoms with E-state index in [1.54, 1.807) is 29.2 Å². The van der Waals surface area contributed by atoms with Gasteiger partial charge in [0.1, 0.15) is 11.9 Å². The van der Waals surface area contributed by atoms with E-state index in [4.69, 9.17) is 0 Å². The van der Waals surface area contributed by atoms with E-state index in [1.807, 2.05) is 59.5 Å². The molecule has 0 saturated heterocycles. The highest BCUT2D eigenvalue weighted by Crippen LogP contribution is 2.41. The van der Waals surface area contributed by atoms with Crippen LogP contribution in [0.15, 0.2) is 99.1 Å². The highest BCUT2D eigenvalue weighted by molar-refractivity contribution is 9.10. The Labute approximate surface area is 201 Å². The van der Waals surface area contributed by atoms with Crippen LogP contribution in [0, 0.1) is 0 Å². The highest BCUT2D eigenvalue weighted by Gasteiger charge is 2.41. The second-order valence-corrected chi connectivity index (χ2v) is 9.00. The lowest BCUT2D eigenvalue weighted by atomic mass is 10.00. The van der Waals surface area contributed by atoms with Gasteiger partial charge in [0.05, 0.1) is 12.1 Å². The molecule has 1 heterocycles. The van der Waals surface area contributed by atoms with Crippen molar-refractivity contribution in [2.45, 2.75) is 6.17 Å². The molecule has 4 rings (SSSR count). The molecule has 1 atom stereocenters. The molecule has 3 aromatic rings. The van der Waals surface area contributed by atoms with Gasteiger partial charge in [-0.25, -0.2) is 9.59 Å². The summed E-state index contributed by atoms with van der Waals surface area (Å²) in [6.45, 7) is -0.0643. The minimum Gasteiger partial charge on any atom is -0.478 e. The predicted octanol–water partition coefficient (Wildman–Crippen LogP) is 5.66. The Kier molecular flexibility index (Phi) is 6.34. The normalized spacial score (nSPS) is 16.2. The first kappa shape index (κ1) is 22.1. The maximum atomic E-state index is 12.4. The summed E-state index contributed by atoms with van der Waals surface area (Å²) < 4.78 is 1.72. The molecule has 0 fully saturated rings. The van der Waals surface area contributed by atoms with Crippen molar-refractivity contribution in [2.24, 2.45) is 0 Å². The van der Waals surface area contributed by atoms with Crippen LogP contribution in [0.5, 0.6) is 0 Å². The van der Waals surface area contributed by atoms with E-state index < -0.39 is 18.1 Å². The van der Waals surface area contributed by atoms with Crippen LogP contribution < -0.4 is 9.80 Å². The fourth-order valence-electron chi connectivity index (χ4n) is 3.83. The topological polar surface area (TPSA) is 81.1 Å². The zero-order valence-electron chi connectivity index (χ0n) is 16.7. The molecule has 0 aromatic heterocycles. The zero-order chi connectivity index (χ0) is 22.8. The van der Waals surface area contributed by atoms with Crippen LogP contribution in [0.25, 0.3) is 0 Å². The Hall–Kier alpha value is -3.10. The summed E-state index contributed by atoms with van der Waals surface area (Å²) in [6, 6.07) is 24.1. The summed E-state index contributed by atoms with van der Waals surface area (Å²) in [5, 5.41) is 20.0. The van der Waals surface area contributed by atoms with Gasteiger partial charge in [-0.1, -0.05) is 62.2 Å². The number of nitrogens with zero attached hydrogens (tertiary/aromatic N) is 2. The third-order valence-corrected chi connectivity index (χ3v) is 6.27. The summed E-state index contributed by atoms with van der Waals surface area (Å²) in [5.74, 6) is -2.56.